The highest BCUT2D eigenvalue weighted by molar-refractivity contribution is 5.34. The molecule has 1 aliphatic heterocycles. The van der Waals surface area contributed by atoms with Gasteiger partial charge in [-0.1, -0.05) is 60.7 Å². The highest BCUT2D eigenvalue weighted by Crippen LogP contribution is 2.39. The Bertz CT molecular complexity index is 531. The van der Waals surface area contributed by atoms with Crippen LogP contribution in [0.4, 0.5) is 0 Å². The topological polar surface area (TPSA) is 30.5 Å². The largest absolute Gasteiger partial charge is 0.342 e. The Balaban J connectivity index is 1.97. The van der Waals surface area contributed by atoms with Gasteiger partial charge in [0.2, 0.25) is 5.79 Å². The van der Waals surface area contributed by atoms with Crippen LogP contribution in [0.1, 0.15) is 24.0 Å². The van der Waals surface area contributed by atoms with Crippen molar-refractivity contribution in [2.24, 2.45) is 0 Å². The molecule has 1 N–H and O–H groups in total. The number of benzene rings is 2. The van der Waals surface area contributed by atoms with E-state index < -0.39 is 5.79 Å². The first-order valence-electron chi connectivity index (χ1n) is 7.92. The summed E-state index contributed by atoms with van der Waals surface area (Å²) in [7, 11) is 1.97. The summed E-state index contributed by atoms with van der Waals surface area (Å²) >= 11 is 0. The summed E-state index contributed by atoms with van der Waals surface area (Å²) in [5, 5.41) is 3.20. The van der Waals surface area contributed by atoms with Gasteiger partial charge in [-0.3, -0.25) is 0 Å². The molecule has 3 rings (SSSR count). The predicted octanol–water partition coefficient (Wildman–Crippen LogP) is 3.30. The van der Waals surface area contributed by atoms with Crippen LogP contribution in [0.3, 0.4) is 0 Å². The molecule has 0 amide bonds. The van der Waals surface area contributed by atoms with Gasteiger partial charge in [-0.2, -0.15) is 0 Å². The van der Waals surface area contributed by atoms with Crippen LogP contribution >= 0.6 is 0 Å². The summed E-state index contributed by atoms with van der Waals surface area (Å²) in [5.41, 5.74) is 2.10. The fraction of sp³-hybridized carbons (Fsp3) is 0.368. The van der Waals surface area contributed by atoms with E-state index in [0.717, 1.165) is 30.5 Å². The molecule has 2 aromatic rings. The molecule has 3 nitrogen and oxygen atoms in total. The summed E-state index contributed by atoms with van der Waals surface area (Å²) in [4.78, 5) is 0. The Morgan fingerprint density at radius 3 is 2.14 bits per heavy atom. The van der Waals surface area contributed by atoms with Crippen LogP contribution in [0.25, 0.3) is 0 Å². The molecular formula is C19H23NO2. The van der Waals surface area contributed by atoms with E-state index in [-0.39, 0.29) is 6.10 Å². The second-order valence-corrected chi connectivity index (χ2v) is 5.62. The lowest BCUT2D eigenvalue weighted by atomic mass is 9.95. The zero-order chi connectivity index (χ0) is 15.3. The SMILES string of the molecule is CNCCC1CCOC(c2ccccc2)(c2ccccc2)O1. The third-order valence-electron chi connectivity index (χ3n) is 4.10. The van der Waals surface area contributed by atoms with Gasteiger partial charge in [-0.05, 0) is 26.4 Å². The quantitative estimate of drug-likeness (QED) is 0.918. The minimum absolute atomic E-state index is 0.196. The molecule has 0 radical (unpaired) electrons. The summed E-state index contributed by atoms with van der Waals surface area (Å²) in [5.74, 6) is -0.792. The maximum atomic E-state index is 6.49. The lowest BCUT2D eigenvalue weighted by Gasteiger charge is -2.42. The first-order chi connectivity index (χ1) is 10.8. The van der Waals surface area contributed by atoms with Crippen LogP contribution in [-0.2, 0) is 15.3 Å². The van der Waals surface area contributed by atoms with Crippen LogP contribution in [0.2, 0.25) is 0 Å². The van der Waals surface area contributed by atoms with Crippen LogP contribution in [0, 0.1) is 0 Å². The van der Waals surface area contributed by atoms with E-state index in [1.54, 1.807) is 0 Å². The van der Waals surface area contributed by atoms with Crippen LogP contribution in [0.15, 0.2) is 60.7 Å². The van der Waals surface area contributed by atoms with Gasteiger partial charge in [-0.15, -0.1) is 0 Å². The number of rotatable bonds is 5. The third kappa shape index (κ3) is 3.07. The smallest absolute Gasteiger partial charge is 0.222 e. The van der Waals surface area contributed by atoms with Crippen molar-refractivity contribution in [1.82, 2.24) is 5.32 Å². The summed E-state index contributed by atoms with van der Waals surface area (Å²) in [6.45, 7) is 1.66. The van der Waals surface area contributed by atoms with E-state index in [2.05, 4.69) is 29.6 Å². The van der Waals surface area contributed by atoms with Gasteiger partial charge >= 0.3 is 0 Å². The van der Waals surface area contributed by atoms with Gasteiger partial charge < -0.3 is 14.8 Å². The number of hydrogen-bond acceptors (Lipinski definition) is 3. The Kier molecular flexibility index (Phi) is 4.88. The Morgan fingerprint density at radius 1 is 1.00 bits per heavy atom. The van der Waals surface area contributed by atoms with Crippen molar-refractivity contribution < 1.29 is 9.47 Å². The minimum atomic E-state index is -0.792. The van der Waals surface area contributed by atoms with Gasteiger partial charge in [-0.25, -0.2) is 0 Å². The molecule has 3 heteroatoms. The molecular weight excluding hydrogens is 274 g/mol. The summed E-state index contributed by atoms with van der Waals surface area (Å²) in [6, 6.07) is 20.5. The first-order valence-corrected chi connectivity index (χ1v) is 7.92. The highest BCUT2D eigenvalue weighted by Gasteiger charge is 2.41. The van der Waals surface area contributed by atoms with Crippen molar-refractivity contribution in [3.8, 4) is 0 Å². The molecule has 1 fully saturated rings. The molecule has 0 bridgehead atoms. The van der Waals surface area contributed by atoms with Gasteiger partial charge in [0.05, 0.1) is 12.7 Å². The van der Waals surface area contributed by atoms with Crippen molar-refractivity contribution in [2.45, 2.75) is 24.7 Å². The number of ether oxygens (including phenoxy) is 2. The molecule has 1 atom stereocenters. The summed E-state index contributed by atoms with van der Waals surface area (Å²) in [6.07, 6.45) is 2.12. The van der Waals surface area contributed by atoms with Gasteiger partial charge in [0.15, 0.2) is 0 Å². The standard InChI is InChI=1S/C19H23NO2/c1-20-14-12-18-13-15-21-19(22-18,16-8-4-2-5-9-16)17-10-6-3-7-11-17/h2-11,18,20H,12-15H2,1H3. The van der Waals surface area contributed by atoms with Gasteiger partial charge in [0.1, 0.15) is 0 Å². The molecule has 1 saturated heterocycles. The first kappa shape index (κ1) is 15.2. The van der Waals surface area contributed by atoms with E-state index in [0.29, 0.717) is 6.61 Å². The van der Waals surface area contributed by atoms with E-state index >= 15 is 0 Å². The van der Waals surface area contributed by atoms with Crippen molar-refractivity contribution in [3.63, 3.8) is 0 Å². The van der Waals surface area contributed by atoms with Crippen LogP contribution in [-0.4, -0.2) is 26.3 Å². The molecule has 1 heterocycles. The monoisotopic (exact) mass is 297 g/mol. The molecule has 22 heavy (non-hydrogen) atoms. The van der Waals surface area contributed by atoms with Gasteiger partial charge in [0, 0.05) is 11.1 Å². The van der Waals surface area contributed by atoms with Gasteiger partial charge in [0.25, 0.3) is 0 Å². The minimum Gasteiger partial charge on any atom is -0.342 e. The molecule has 116 valence electrons. The molecule has 0 aliphatic carbocycles. The Labute approximate surface area is 132 Å². The Morgan fingerprint density at radius 2 is 1.59 bits per heavy atom. The second-order valence-electron chi connectivity index (χ2n) is 5.62. The predicted molar refractivity (Wildman–Crippen MR) is 87.6 cm³/mol. The maximum Gasteiger partial charge on any atom is 0.222 e. The molecule has 1 aliphatic rings. The fourth-order valence-electron chi connectivity index (χ4n) is 2.95. The van der Waals surface area contributed by atoms with E-state index in [1.165, 1.54) is 0 Å². The van der Waals surface area contributed by atoms with Crippen molar-refractivity contribution >= 4 is 0 Å². The number of hydrogen-bond donors (Lipinski definition) is 1. The van der Waals surface area contributed by atoms with Crippen molar-refractivity contribution in [3.05, 3.63) is 71.8 Å². The molecule has 0 aromatic heterocycles. The third-order valence-corrected chi connectivity index (χ3v) is 4.10. The molecule has 0 saturated carbocycles. The molecule has 0 spiro atoms. The highest BCUT2D eigenvalue weighted by atomic mass is 16.7. The van der Waals surface area contributed by atoms with Crippen LogP contribution in [0.5, 0.6) is 0 Å². The fourth-order valence-corrected chi connectivity index (χ4v) is 2.95. The van der Waals surface area contributed by atoms with Crippen molar-refractivity contribution in [2.75, 3.05) is 20.2 Å². The average molecular weight is 297 g/mol. The zero-order valence-corrected chi connectivity index (χ0v) is 13.0. The lowest BCUT2D eigenvalue weighted by molar-refractivity contribution is -0.279. The molecule has 2 aromatic carbocycles. The van der Waals surface area contributed by atoms with E-state index in [9.17, 15) is 0 Å². The second kappa shape index (κ2) is 7.05. The van der Waals surface area contributed by atoms with Crippen LogP contribution < -0.4 is 5.32 Å². The summed E-state index contributed by atoms with van der Waals surface area (Å²) < 4.78 is 12.7. The molecule has 1 unspecified atom stereocenters. The maximum absolute atomic E-state index is 6.49. The van der Waals surface area contributed by atoms with Crippen molar-refractivity contribution in [1.29, 1.82) is 0 Å². The normalized spacial score (nSPS) is 20.7. The van der Waals surface area contributed by atoms with E-state index in [1.807, 2.05) is 43.4 Å². The average Bonchev–Trinajstić information content (AvgIpc) is 2.61. The zero-order valence-electron chi connectivity index (χ0n) is 13.0. The Hall–Kier alpha value is -1.68. The lowest BCUT2D eigenvalue weighted by Crippen LogP contribution is -2.44. The number of nitrogens with one attached hydrogen (secondary N) is 1. The van der Waals surface area contributed by atoms with E-state index in [4.69, 9.17) is 9.47 Å².